The first-order valence-electron chi connectivity index (χ1n) is 13.5. The van der Waals surface area contributed by atoms with Crippen molar-refractivity contribution in [3.05, 3.63) is 156 Å². The highest BCUT2D eigenvalue weighted by molar-refractivity contribution is 5.73. The minimum Gasteiger partial charge on any atom is -0.306 e. The topological polar surface area (TPSA) is 24.1 Å². The molecule has 2 N–H and O–H groups in total. The van der Waals surface area contributed by atoms with E-state index in [1.54, 1.807) is 0 Å². The molecule has 2 unspecified atom stereocenters. The van der Waals surface area contributed by atoms with Crippen LogP contribution in [0.2, 0.25) is 0 Å². The van der Waals surface area contributed by atoms with Gasteiger partial charge in [0, 0.05) is 25.2 Å². The van der Waals surface area contributed by atoms with E-state index in [1.165, 1.54) is 44.5 Å². The van der Waals surface area contributed by atoms with Gasteiger partial charge in [-0.15, -0.1) is 0 Å². The quantitative estimate of drug-likeness (QED) is 0.202. The van der Waals surface area contributed by atoms with Gasteiger partial charge in [0.1, 0.15) is 0 Å². The molecule has 0 spiro atoms. The second-order valence-corrected chi connectivity index (χ2v) is 10.0. The maximum Gasteiger partial charge on any atom is 0.0294 e. The van der Waals surface area contributed by atoms with Gasteiger partial charge in [-0.1, -0.05) is 127 Å². The van der Waals surface area contributed by atoms with Crippen LogP contribution in [0.4, 0.5) is 0 Å². The van der Waals surface area contributed by atoms with Crippen LogP contribution >= 0.6 is 0 Å². The Hall–Kier alpha value is -3.98. The molecule has 0 saturated carbocycles. The third kappa shape index (κ3) is 6.66. The van der Waals surface area contributed by atoms with E-state index in [9.17, 15) is 0 Å². The van der Waals surface area contributed by atoms with Crippen molar-refractivity contribution in [2.45, 2.75) is 39.0 Å². The summed E-state index contributed by atoms with van der Waals surface area (Å²) < 4.78 is 0. The van der Waals surface area contributed by atoms with Crippen molar-refractivity contribution in [1.82, 2.24) is 10.6 Å². The summed E-state index contributed by atoms with van der Waals surface area (Å²) in [5.41, 5.74) is 10.2. The molecule has 2 nitrogen and oxygen atoms in total. The van der Waals surface area contributed by atoms with Crippen LogP contribution in [-0.4, -0.2) is 0 Å². The number of hydrogen-bond donors (Lipinski definition) is 2. The summed E-state index contributed by atoms with van der Waals surface area (Å²) in [5, 5.41) is 7.26. The Balaban J connectivity index is 1.19. The van der Waals surface area contributed by atoms with Gasteiger partial charge in [0.05, 0.1) is 0 Å². The molecular weight excluding hydrogens is 460 g/mol. The molecule has 5 aromatic rings. The maximum absolute atomic E-state index is 3.63. The second kappa shape index (κ2) is 12.5. The Bertz CT molecular complexity index is 1300. The van der Waals surface area contributed by atoms with E-state index in [1.807, 2.05) is 0 Å². The average molecular weight is 497 g/mol. The normalized spacial score (nSPS) is 12.7. The molecule has 0 heterocycles. The predicted octanol–water partition coefficient (Wildman–Crippen LogP) is 8.72. The van der Waals surface area contributed by atoms with Crippen LogP contribution in [-0.2, 0) is 13.1 Å². The van der Waals surface area contributed by atoms with E-state index >= 15 is 0 Å². The summed E-state index contributed by atoms with van der Waals surface area (Å²) in [5.74, 6) is 0. The number of hydrogen-bond acceptors (Lipinski definition) is 2. The summed E-state index contributed by atoms with van der Waals surface area (Å²) >= 11 is 0. The van der Waals surface area contributed by atoms with Gasteiger partial charge < -0.3 is 10.6 Å². The molecule has 0 saturated heterocycles. The molecular formula is C36H36N2. The summed E-state index contributed by atoms with van der Waals surface area (Å²) in [6.45, 7) is 6.12. The standard InChI is InChI=1S/C36H36N2/c1-27(31-10-5-3-6-11-31)37-25-29-16-20-33(21-17-29)35-14-9-15-36(24-35)34-22-18-30(19-23-34)26-38-28(2)32-12-7-4-8-13-32/h3-24,27-28,37-38H,25-26H2,1-2H3. The third-order valence-corrected chi connectivity index (χ3v) is 7.26. The first kappa shape index (κ1) is 25.7. The Morgan fingerprint density at radius 1 is 0.421 bits per heavy atom. The van der Waals surface area contributed by atoms with Crippen molar-refractivity contribution in [2.75, 3.05) is 0 Å². The van der Waals surface area contributed by atoms with E-state index in [4.69, 9.17) is 0 Å². The molecule has 190 valence electrons. The van der Waals surface area contributed by atoms with Gasteiger partial charge in [0.2, 0.25) is 0 Å². The summed E-state index contributed by atoms with van der Waals surface area (Å²) in [7, 11) is 0. The molecule has 2 atom stereocenters. The van der Waals surface area contributed by atoms with Crippen LogP contribution in [0.3, 0.4) is 0 Å². The molecule has 0 amide bonds. The van der Waals surface area contributed by atoms with E-state index in [0.717, 1.165) is 13.1 Å². The third-order valence-electron chi connectivity index (χ3n) is 7.26. The SMILES string of the molecule is CC(NCc1ccc(-c2cccc(-c3ccc(CNC(C)c4ccccc4)cc3)c2)cc1)c1ccccc1. The van der Waals surface area contributed by atoms with Crippen molar-refractivity contribution in [3.8, 4) is 22.3 Å². The largest absolute Gasteiger partial charge is 0.306 e. The highest BCUT2D eigenvalue weighted by Gasteiger charge is 2.07. The first-order valence-corrected chi connectivity index (χ1v) is 13.5. The zero-order valence-corrected chi connectivity index (χ0v) is 22.3. The number of rotatable bonds is 10. The fourth-order valence-corrected chi connectivity index (χ4v) is 4.77. The number of nitrogens with one attached hydrogen (secondary N) is 2. The zero-order chi connectivity index (χ0) is 26.2. The molecule has 0 aliphatic heterocycles. The van der Waals surface area contributed by atoms with E-state index in [-0.39, 0.29) is 0 Å². The maximum atomic E-state index is 3.63. The van der Waals surface area contributed by atoms with Crippen molar-refractivity contribution < 1.29 is 0 Å². The molecule has 0 fully saturated rings. The van der Waals surface area contributed by atoms with Gasteiger partial charge in [-0.05, 0) is 64.4 Å². The molecule has 0 aromatic heterocycles. The number of benzene rings is 5. The molecule has 5 aromatic carbocycles. The lowest BCUT2D eigenvalue weighted by Gasteiger charge is -2.15. The van der Waals surface area contributed by atoms with Crippen molar-refractivity contribution >= 4 is 0 Å². The van der Waals surface area contributed by atoms with Crippen molar-refractivity contribution in [1.29, 1.82) is 0 Å². The van der Waals surface area contributed by atoms with Crippen LogP contribution in [0, 0.1) is 0 Å². The molecule has 0 radical (unpaired) electrons. The van der Waals surface area contributed by atoms with Gasteiger partial charge in [-0.25, -0.2) is 0 Å². The lowest BCUT2D eigenvalue weighted by atomic mass is 9.97. The summed E-state index contributed by atoms with van der Waals surface area (Å²) in [6, 6.07) is 48.5. The lowest BCUT2D eigenvalue weighted by molar-refractivity contribution is 0.575. The van der Waals surface area contributed by atoms with Crippen LogP contribution in [0.5, 0.6) is 0 Å². The van der Waals surface area contributed by atoms with Crippen LogP contribution in [0.15, 0.2) is 133 Å². The van der Waals surface area contributed by atoms with Crippen LogP contribution in [0.25, 0.3) is 22.3 Å². The molecule has 0 aliphatic carbocycles. The molecule has 38 heavy (non-hydrogen) atoms. The Labute approximate surface area is 227 Å². The monoisotopic (exact) mass is 496 g/mol. The van der Waals surface area contributed by atoms with E-state index in [0.29, 0.717) is 12.1 Å². The average Bonchev–Trinajstić information content (AvgIpc) is 3.00. The van der Waals surface area contributed by atoms with Gasteiger partial charge in [-0.3, -0.25) is 0 Å². The fourth-order valence-electron chi connectivity index (χ4n) is 4.77. The Kier molecular flexibility index (Phi) is 8.45. The Morgan fingerprint density at radius 2 is 0.816 bits per heavy atom. The highest BCUT2D eigenvalue weighted by Crippen LogP contribution is 2.27. The fraction of sp³-hybridized carbons (Fsp3) is 0.167. The van der Waals surface area contributed by atoms with Crippen molar-refractivity contribution in [3.63, 3.8) is 0 Å². The molecule has 0 bridgehead atoms. The minimum atomic E-state index is 0.321. The minimum absolute atomic E-state index is 0.321. The Morgan fingerprint density at radius 3 is 1.21 bits per heavy atom. The summed E-state index contributed by atoms with van der Waals surface area (Å²) in [4.78, 5) is 0. The van der Waals surface area contributed by atoms with Crippen LogP contribution < -0.4 is 10.6 Å². The van der Waals surface area contributed by atoms with E-state index in [2.05, 4.69) is 158 Å². The van der Waals surface area contributed by atoms with Crippen molar-refractivity contribution in [2.24, 2.45) is 0 Å². The predicted molar refractivity (Wildman–Crippen MR) is 161 cm³/mol. The smallest absolute Gasteiger partial charge is 0.0294 e. The van der Waals surface area contributed by atoms with E-state index < -0.39 is 0 Å². The van der Waals surface area contributed by atoms with Gasteiger partial charge in [-0.2, -0.15) is 0 Å². The molecule has 0 aliphatic rings. The van der Waals surface area contributed by atoms with Gasteiger partial charge >= 0.3 is 0 Å². The molecule has 2 heteroatoms. The van der Waals surface area contributed by atoms with Gasteiger partial charge in [0.15, 0.2) is 0 Å². The second-order valence-electron chi connectivity index (χ2n) is 10.0. The van der Waals surface area contributed by atoms with Crippen LogP contribution in [0.1, 0.15) is 48.2 Å². The lowest BCUT2D eigenvalue weighted by Crippen LogP contribution is -2.17. The zero-order valence-electron chi connectivity index (χ0n) is 22.3. The highest BCUT2D eigenvalue weighted by atomic mass is 14.9. The first-order chi connectivity index (χ1) is 18.7. The van der Waals surface area contributed by atoms with Gasteiger partial charge in [0.25, 0.3) is 0 Å². The summed E-state index contributed by atoms with van der Waals surface area (Å²) in [6.07, 6.45) is 0. The molecule has 5 rings (SSSR count).